The van der Waals surface area contributed by atoms with Crippen LogP contribution in [0.5, 0.6) is 0 Å². The van der Waals surface area contributed by atoms with Gasteiger partial charge in [0.2, 0.25) is 0 Å². The lowest BCUT2D eigenvalue weighted by atomic mass is 10.1. The molecular formula is C11H19ClO. The maximum Gasteiger partial charge on any atom is 0.0580 e. The third kappa shape index (κ3) is 2.85. The molecule has 1 nitrogen and oxygen atoms in total. The van der Waals surface area contributed by atoms with Crippen molar-refractivity contribution in [2.75, 3.05) is 0 Å². The second-order valence-electron chi connectivity index (χ2n) is 4.58. The quantitative estimate of drug-likeness (QED) is 0.636. The van der Waals surface area contributed by atoms with E-state index in [0.717, 1.165) is 12.3 Å². The van der Waals surface area contributed by atoms with Gasteiger partial charge in [-0.15, -0.1) is 11.6 Å². The fourth-order valence-corrected chi connectivity index (χ4v) is 2.51. The maximum atomic E-state index is 6.24. The van der Waals surface area contributed by atoms with Crippen molar-refractivity contribution in [3.8, 4) is 0 Å². The summed E-state index contributed by atoms with van der Waals surface area (Å²) in [6.07, 6.45) is 8.52. The molecule has 0 bridgehead atoms. The van der Waals surface area contributed by atoms with Gasteiger partial charge in [-0.1, -0.05) is 0 Å². The molecule has 0 N–H and O–H groups in total. The van der Waals surface area contributed by atoms with Gasteiger partial charge in [-0.2, -0.15) is 0 Å². The molecule has 0 amide bonds. The van der Waals surface area contributed by atoms with Crippen molar-refractivity contribution in [3.05, 3.63) is 0 Å². The molecule has 1 aliphatic heterocycles. The average Bonchev–Trinajstić information content (AvgIpc) is 2.87. The summed E-state index contributed by atoms with van der Waals surface area (Å²) in [5.74, 6) is 0.834. The van der Waals surface area contributed by atoms with Crippen LogP contribution in [0.1, 0.15) is 45.4 Å². The van der Waals surface area contributed by atoms with Gasteiger partial charge in [0.1, 0.15) is 0 Å². The zero-order valence-corrected chi connectivity index (χ0v) is 9.09. The summed E-state index contributed by atoms with van der Waals surface area (Å²) in [6, 6.07) is 0. The minimum absolute atomic E-state index is 0.430. The summed E-state index contributed by atoms with van der Waals surface area (Å²) >= 11 is 6.24. The highest BCUT2D eigenvalue weighted by atomic mass is 35.5. The van der Waals surface area contributed by atoms with Crippen LogP contribution in [0.3, 0.4) is 0 Å². The fourth-order valence-electron chi connectivity index (χ4n) is 2.14. The van der Waals surface area contributed by atoms with Crippen molar-refractivity contribution in [1.82, 2.24) is 0 Å². The summed E-state index contributed by atoms with van der Waals surface area (Å²) in [5, 5.41) is 0.430. The molecule has 1 saturated carbocycles. The Kier molecular flexibility index (Phi) is 3.15. The Morgan fingerprint density at radius 1 is 1.31 bits per heavy atom. The van der Waals surface area contributed by atoms with Crippen molar-refractivity contribution in [3.63, 3.8) is 0 Å². The Morgan fingerprint density at radius 3 is 2.62 bits per heavy atom. The van der Waals surface area contributed by atoms with E-state index >= 15 is 0 Å². The van der Waals surface area contributed by atoms with Gasteiger partial charge in [-0.25, -0.2) is 0 Å². The van der Waals surface area contributed by atoms with E-state index in [4.69, 9.17) is 16.3 Å². The van der Waals surface area contributed by atoms with Crippen LogP contribution in [0, 0.1) is 5.92 Å². The lowest BCUT2D eigenvalue weighted by molar-refractivity contribution is 0.0495. The van der Waals surface area contributed by atoms with Gasteiger partial charge in [0.05, 0.1) is 12.2 Å². The third-order valence-corrected chi connectivity index (χ3v) is 3.79. The van der Waals surface area contributed by atoms with Gasteiger partial charge in [0.25, 0.3) is 0 Å². The molecule has 76 valence electrons. The first kappa shape index (κ1) is 9.79. The zero-order chi connectivity index (χ0) is 9.26. The molecule has 2 aliphatic rings. The molecule has 2 heteroatoms. The van der Waals surface area contributed by atoms with Gasteiger partial charge in [0.15, 0.2) is 0 Å². The summed E-state index contributed by atoms with van der Waals surface area (Å²) in [5.41, 5.74) is 0. The average molecular weight is 203 g/mol. The van der Waals surface area contributed by atoms with E-state index in [2.05, 4.69) is 6.92 Å². The molecule has 13 heavy (non-hydrogen) atoms. The lowest BCUT2D eigenvalue weighted by Gasteiger charge is -2.13. The maximum absolute atomic E-state index is 6.24. The van der Waals surface area contributed by atoms with Crippen LogP contribution in [-0.4, -0.2) is 17.6 Å². The topological polar surface area (TPSA) is 9.23 Å². The van der Waals surface area contributed by atoms with E-state index in [-0.39, 0.29) is 0 Å². The van der Waals surface area contributed by atoms with Crippen LogP contribution < -0.4 is 0 Å². The molecule has 1 aliphatic carbocycles. The van der Waals surface area contributed by atoms with Crippen LogP contribution in [0.15, 0.2) is 0 Å². The molecule has 3 atom stereocenters. The van der Waals surface area contributed by atoms with Crippen molar-refractivity contribution < 1.29 is 4.74 Å². The zero-order valence-electron chi connectivity index (χ0n) is 8.34. The Hall–Kier alpha value is 0.250. The third-order valence-electron chi connectivity index (χ3n) is 3.22. The first-order valence-corrected chi connectivity index (χ1v) is 5.99. The van der Waals surface area contributed by atoms with Crippen LogP contribution in [0.4, 0.5) is 0 Å². The highest BCUT2D eigenvalue weighted by Crippen LogP contribution is 2.38. The smallest absolute Gasteiger partial charge is 0.0580 e. The predicted molar refractivity (Wildman–Crippen MR) is 55.2 cm³/mol. The Balaban J connectivity index is 1.61. The minimum atomic E-state index is 0.430. The van der Waals surface area contributed by atoms with Gasteiger partial charge in [-0.3, -0.25) is 0 Å². The standard InChI is InChI=1S/C11H19ClO/c1-8-2-5-10(13-8)6-7-11(12)9-3-4-9/h8-11H,2-7H2,1H3. The van der Waals surface area contributed by atoms with E-state index in [1.165, 1.54) is 32.1 Å². The summed E-state index contributed by atoms with van der Waals surface area (Å²) < 4.78 is 5.75. The highest BCUT2D eigenvalue weighted by molar-refractivity contribution is 6.20. The van der Waals surface area contributed by atoms with E-state index in [0.29, 0.717) is 17.6 Å². The molecular weight excluding hydrogens is 184 g/mol. The largest absolute Gasteiger partial charge is 0.375 e. The summed E-state index contributed by atoms with van der Waals surface area (Å²) in [7, 11) is 0. The number of hydrogen-bond acceptors (Lipinski definition) is 1. The molecule has 2 fully saturated rings. The normalized spacial score (nSPS) is 36.5. The number of ether oxygens (including phenoxy) is 1. The Labute approximate surface area is 85.8 Å². The number of hydrogen-bond donors (Lipinski definition) is 0. The van der Waals surface area contributed by atoms with E-state index in [1.54, 1.807) is 0 Å². The van der Waals surface area contributed by atoms with Gasteiger partial charge in [0, 0.05) is 5.38 Å². The lowest BCUT2D eigenvalue weighted by Crippen LogP contribution is -2.11. The Bertz CT molecular complexity index is 167. The number of rotatable bonds is 4. The van der Waals surface area contributed by atoms with Gasteiger partial charge >= 0.3 is 0 Å². The summed E-state index contributed by atoms with van der Waals surface area (Å²) in [6.45, 7) is 2.17. The first-order chi connectivity index (χ1) is 6.25. The molecule has 0 radical (unpaired) electrons. The van der Waals surface area contributed by atoms with E-state index < -0.39 is 0 Å². The van der Waals surface area contributed by atoms with Crippen molar-refractivity contribution >= 4 is 11.6 Å². The van der Waals surface area contributed by atoms with Crippen LogP contribution in [-0.2, 0) is 4.74 Å². The van der Waals surface area contributed by atoms with E-state index in [1.807, 2.05) is 0 Å². The SMILES string of the molecule is CC1CCC(CCC(Cl)C2CC2)O1. The summed E-state index contributed by atoms with van der Waals surface area (Å²) in [4.78, 5) is 0. The Morgan fingerprint density at radius 2 is 2.08 bits per heavy atom. The van der Waals surface area contributed by atoms with E-state index in [9.17, 15) is 0 Å². The minimum Gasteiger partial charge on any atom is -0.375 e. The molecule has 2 rings (SSSR count). The molecule has 0 aromatic carbocycles. The molecule has 0 aromatic rings. The molecule has 1 saturated heterocycles. The van der Waals surface area contributed by atoms with Crippen molar-refractivity contribution in [2.24, 2.45) is 5.92 Å². The molecule has 0 aromatic heterocycles. The van der Waals surface area contributed by atoms with Crippen LogP contribution in [0.2, 0.25) is 0 Å². The van der Waals surface area contributed by atoms with Gasteiger partial charge < -0.3 is 4.74 Å². The number of halogens is 1. The monoisotopic (exact) mass is 202 g/mol. The molecule has 1 heterocycles. The van der Waals surface area contributed by atoms with Gasteiger partial charge in [-0.05, 0) is 51.4 Å². The molecule has 3 unspecified atom stereocenters. The second-order valence-corrected chi connectivity index (χ2v) is 5.14. The number of alkyl halides is 1. The van der Waals surface area contributed by atoms with Crippen molar-refractivity contribution in [2.45, 2.75) is 63.0 Å². The first-order valence-electron chi connectivity index (χ1n) is 5.55. The predicted octanol–water partition coefficient (Wildman–Crippen LogP) is 3.35. The van der Waals surface area contributed by atoms with Crippen LogP contribution in [0.25, 0.3) is 0 Å². The highest BCUT2D eigenvalue weighted by Gasteiger charge is 2.30. The fraction of sp³-hybridized carbons (Fsp3) is 1.00. The van der Waals surface area contributed by atoms with Crippen molar-refractivity contribution in [1.29, 1.82) is 0 Å². The van der Waals surface area contributed by atoms with Crippen LogP contribution >= 0.6 is 11.6 Å². The molecule has 0 spiro atoms. The second kappa shape index (κ2) is 4.18.